The predicted octanol–water partition coefficient (Wildman–Crippen LogP) is 2.41. The third-order valence-corrected chi connectivity index (χ3v) is 4.15. The van der Waals surface area contributed by atoms with Crippen molar-refractivity contribution in [2.24, 2.45) is 0 Å². The van der Waals surface area contributed by atoms with E-state index in [0.29, 0.717) is 13.2 Å². The van der Waals surface area contributed by atoms with Gasteiger partial charge in [-0.05, 0) is 60.2 Å². The van der Waals surface area contributed by atoms with Gasteiger partial charge in [0.2, 0.25) is 0 Å². The molecule has 1 atom stereocenters. The van der Waals surface area contributed by atoms with Crippen LogP contribution in [0.15, 0.2) is 0 Å². The topological polar surface area (TPSA) is 44.7 Å². The summed E-state index contributed by atoms with van der Waals surface area (Å²) in [6.07, 6.45) is 7.67. The first kappa shape index (κ1) is 18.9. The van der Waals surface area contributed by atoms with Crippen LogP contribution < -0.4 is 5.32 Å². The number of aliphatic hydroxyl groups excluding tert-OH is 1. The molecule has 0 bridgehead atoms. The van der Waals surface area contributed by atoms with Crippen LogP contribution in [0.3, 0.4) is 0 Å². The van der Waals surface area contributed by atoms with Crippen LogP contribution in [-0.4, -0.2) is 61.0 Å². The monoisotopic (exact) mass is 300 g/mol. The van der Waals surface area contributed by atoms with Gasteiger partial charge in [0.05, 0.1) is 18.3 Å². The third-order valence-electron chi connectivity index (χ3n) is 4.15. The van der Waals surface area contributed by atoms with E-state index in [9.17, 15) is 5.11 Å². The van der Waals surface area contributed by atoms with Crippen molar-refractivity contribution in [3.05, 3.63) is 0 Å². The Labute approximate surface area is 131 Å². The SMILES string of the molecule is CN(CCCNCC(O)COC(C)(C)C)C1CCCCC1. The van der Waals surface area contributed by atoms with Gasteiger partial charge in [-0.3, -0.25) is 0 Å². The molecule has 1 aliphatic carbocycles. The highest BCUT2D eigenvalue weighted by atomic mass is 16.5. The minimum atomic E-state index is -0.416. The molecule has 0 saturated heterocycles. The minimum absolute atomic E-state index is 0.177. The lowest BCUT2D eigenvalue weighted by atomic mass is 9.94. The highest BCUT2D eigenvalue weighted by molar-refractivity contribution is 4.73. The average Bonchev–Trinajstić information content (AvgIpc) is 2.44. The van der Waals surface area contributed by atoms with E-state index >= 15 is 0 Å². The lowest BCUT2D eigenvalue weighted by molar-refractivity contribution is -0.0478. The molecule has 4 heteroatoms. The molecular weight excluding hydrogens is 264 g/mol. The molecule has 126 valence electrons. The normalized spacial score (nSPS) is 19.1. The first-order chi connectivity index (χ1) is 9.88. The molecule has 1 aliphatic rings. The Balaban J connectivity index is 1.98. The zero-order chi connectivity index (χ0) is 15.7. The van der Waals surface area contributed by atoms with E-state index in [4.69, 9.17) is 4.74 Å². The van der Waals surface area contributed by atoms with Crippen molar-refractivity contribution in [1.82, 2.24) is 10.2 Å². The van der Waals surface area contributed by atoms with Crippen LogP contribution in [0.4, 0.5) is 0 Å². The van der Waals surface area contributed by atoms with E-state index in [1.165, 1.54) is 32.1 Å². The van der Waals surface area contributed by atoms with Crippen molar-refractivity contribution in [3.8, 4) is 0 Å². The van der Waals surface area contributed by atoms with Gasteiger partial charge in [0.15, 0.2) is 0 Å². The molecule has 21 heavy (non-hydrogen) atoms. The van der Waals surface area contributed by atoms with Gasteiger partial charge in [-0.1, -0.05) is 19.3 Å². The van der Waals surface area contributed by atoms with Crippen LogP contribution in [0.1, 0.15) is 59.3 Å². The molecule has 0 radical (unpaired) electrons. The third kappa shape index (κ3) is 9.46. The lowest BCUT2D eigenvalue weighted by Gasteiger charge is -2.31. The Morgan fingerprint density at radius 3 is 2.52 bits per heavy atom. The van der Waals surface area contributed by atoms with Gasteiger partial charge in [-0.2, -0.15) is 0 Å². The van der Waals surface area contributed by atoms with Gasteiger partial charge in [0.25, 0.3) is 0 Å². The van der Waals surface area contributed by atoms with E-state index < -0.39 is 6.10 Å². The molecule has 1 saturated carbocycles. The molecule has 0 aromatic rings. The molecule has 1 rings (SSSR count). The van der Waals surface area contributed by atoms with Crippen molar-refractivity contribution in [2.45, 2.75) is 77.0 Å². The maximum Gasteiger partial charge on any atom is 0.0897 e. The summed E-state index contributed by atoms with van der Waals surface area (Å²) in [5, 5.41) is 13.1. The maximum atomic E-state index is 9.83. The van der Waals surface area contributed by atoms with E-state index in [1.54, 1.807) is 0 Å². The van der Waals surface area contributed by atoms with E-state index in [-0.39, 0.29) is 5.60 Å². The highest BCUT2D eigenvalue weighted by Crippen LogP contribution is 2.21. The summed E-state index contributed by atoms with van der Waals surface area (Å²) in [7, 11) is 2.25. The summed E-state index contributed by atoms with van der Waals surface area (Å²) in [5.74, 6) is 0. The van der Waals surface area contributed by atoms with E-state index in [0.717, 1.165) is 25.6 Å². The molecule has 0 amide bonds. The van der Waals surface area contributed by atoms with Crippen LogP contribution in [-0.2, 0) is 4.74 Å². The van der Waals surface area contributed by atoms with Crippen molar-refractivity contribution < 1.29 is 9.84 Å². The van der Waals surface area contributed by atoms with Crippen molar-refractivity contribution in [1.29, 1.82) is 0 Å². The van der Waals surface area contributed by atoms with Gasteiger partial charge in [0.1, 0.15) is 0 Å². The molecular formula is C17H36N2O2. The first-order valence-corrected chi connectivity index (χ1v) is 8.61. The summed E-state index contributed by atoms with van der Waals surface area (Å²) in [5.41, 5.74) is -0.177. The second-order valence-electron chi connectivity index (χ2n) is 7.41. The fourth-order valence-electron chi connectivity index (χ4n) is 2.83. The summed E-state index contributed by atoms with van der Waals surface area (Å²) < 4.78 is 5.57. The zero-order valence-corrected chi connectivity index (χ0v) is 14.5. The Morgan fingerprint density at radius 2 is 1.90 bits per heavy atom. The summed E-state index contributed by atoms with van der Waals surface area (Å²) >= 11 is 0. The number of nitrogens with one attached hydrogen (secondary N) is 1. The van der Waals surface area contributed by atoms with Gasteiger partial charge < -0.3 is 20.1 Å². The van der Waals surface area contributed by atoms with Crippen LogP contribution in [0.2, 0.25) is 0 Å². The smallest absolute Gasteiger partial charge is 0.0897 e. The van der Waals surface area contributed by atoms with Gasteiger partial charge in [-0.25, -0.2) is 0 Å². The van der Waals surface area contributed by atoms with Gasteiger partial charge in [-0.15, -0.1) is 0 Å². The highest BCUT2D eigenvalue weighted by Gasteiger charge is 2.17. The summed E-state index contributed by atoms with van der Waals surface area (Å²) in [6.45, 7) is 9.15. The molecule has 0 aromatic carbocycles. The Hall–Kier alpha value is -0.160. The van der Waals surface area contributed by atoms with Crippen LogP contribution >= 0.6 is 0 Å². The number of ether oxygens (including phenoxy) is 1. The zero-order valence-electron chi connectivity index (χ0n) is 14.5. The van der Waals surface area contributed by atoms with E-state index in [2.05, 4.69) is 17.3 Å². The van der Waals surface area contributed by atoms with Crippen LogP contribution in [0, 0.1) is 0 Å². The molecule has 0 aromatic heterocycles. The van der Waals surface area contributed by atoms with Gasteiger partial charge >= 0.3 is 0 Å². The largest absolute Gasteiger partial charge is 0.389 e. The quantitative estimate of drug-likeness (QED) is 0.642. The average molecular weight is 300 g/mol. The Bertz CT molecular complexity index is 260. The van der Waals surface area contributed by atoms with Crippen LogP contribution in [0.25, 0.3) is 0 Å². The molecule has 0 aliphatic heterocycles. The standard InChI is InChI=1S/C17H36N2O2/c1-17(2,3)21-14-16(20)13-18-11-8-12-19(4)15-9-6-5-7-10-15/h15-16,18,20H,5-14H2,1-4H3. The fourth-order valence-corrected chi connectivity index (χ4v) is 2.83. The fraction of sp³-hybridized carbons (Fsp3) is 1.00. The molecule has 2 N–H and O–H groups in total. The van der Waals surface area contributed by atoms with Crippen LogP contribution in [0.5, 0.6) is 0 Å². The number of hydrogen-bond acceptors (Lipinski definition) is 4. The predicted molar refractivity (Wildman–Crippen MR) is 88.7 cm³/mol. The number of hydrogen-bond donors (Lipinski definition) is 2. The summed E-state index contributed by atoms with van der Waals surface area (Å²) in [6, 6.07) is 0.796. The Morgan fingerprint density at radius 1 is 1.24 bits per heavy atom. The van der Waals surface area contributed by atoms with Crippen molar-refractivity contribution in [2.75, 3.05) is 33.3 Å². The molecule has 0 heterocycles. The number of rotatable bonds is 9. The van der Waals surface area contributed by atoms with Crippen molar-refractivity contribution >= 4 is 0 Å². The van der Waals surface area contributed by atoms with Gasteiger partial charge in [0, 0.05) is 12.6 Å². The maximum absolute atomic E-state index is 9.83. The van der Waals surface area contributed by atoms with E-state index in [1.807, 2.05) is 20.8 Å². The molecule has 1 fully saturated rings. The second kappa shape index (κ2) is 9.78. The number of aliphatic hydroxyl groups is 1. The number of nitrogens with zero attached hydrogens (tertiary/aromatic N) is 1. The first-order valence-electron chi connectivity index (χ1n) is 8.61. The molecule has 1 unspecified atom stereocenters. The molecule has 0 spiro atoms. The van der Waals surface area contributed by atoms with Crippen molar-refractivity contribution in [3.63, 3.8) is 0 Å². The second-order valence-corrected chi connectivity index (χ2v) is 7.41. The minimum Gasteiger partial charge on any atom is -0.389 e. The summed E-state index contributed by atoms with van der Waals surface area (Å²) in [4.78, 5) is 2.51. The molecule has 4 nitrogen and oxygen atoms in total. The lowest BCUT2D eigenvalue weighted by Crippen LogP contribution is -2.37. The Kier molecular flexibility index (Phi) is 8.79.